The van der Waals surface area contributed by atoms with Crippen LogP contribution in [0.1, 0.15) is 39.0 Å². The lowest BCUT2D eigenvalue weighted by Crippen LogP contribution is -2.50. The van der Waals surface area contributed by atoms with E-state index >= 15 is 0 Å². The molecule has 2 bridgehead atoms. The van der Waals surface area contributed by atoms with Crippen molar-refractivity contribution in [2.24, 2.45) is 11.3 Å². The van der Waals surface area contributed by atoms with Crippen LogP contribution in [0.4, 0.5) is 0 Å². The number of carbonyl (C=O) groups excluding carboxylic acids is 3. The van der Waals surface area contributed by atoms with Gasteiger partial charge in [-0.15, -0.1) is 0 Å². The van der Waals surface area contributed by atoms with Gasteiger partial charge in [0, 0.05) is 18.8 Å². The highest BCUT2D eigenvalue weighted by Crippen LogP contribution is 2.46. The molecule has 16 heavy (non-hydrogen) atoms. The zero-order valence-electron chi connectivity index (χ0n) is 9.45. The van der Waals surface area contributed by atoms with Gasteiger partial charge in [-0.25, -0.2) is 0 Å². The molecule has 4 heteroatoms. The SMILES string of the molecule is CCOC(=O)C12CCC(=O)C(CCC1=O)C2. The van der Waals surface area contributed by atoms with Crippen molar-refractivity contribution in [1.82, 2.24) is 0 Å². The molecule has 2 saturated carbocycles. The minimum Gasteiger partial charge on any atom is -0.465 e. The van der Waals surface area contributed by atoms with Crippen molar-refractivity contribution in [1.29, 1.82) is 0 Å². The van der Waals surface area contributed by atoms with Crippen molar-refractivity contribution >= 4 is 17.5 Å². The van der Waals surface area contributed by atoms with Gasteiger partial charge in [-0.3, -0.25) is 14.4 Å². The number of esters is 1. The first-order valence-corrected chi connectivity index (χ1v) is 5.83. The van der Waals surface area contributed by atoms with Crippen molar-refractivity contribution in [3.63, 3.8) is 0 Å². The largest absolute Gasteiger partial charge is 0.465 e. The smallest absolute Gasteiger partial charge is 0.319 e. The highest BCUT2D eigenvalue weighted by molar-refractivity contribution is 6.06. The van der Waals surface area contributed by atoms with Crippen LogP contribution in [-0.2, 0) is 19.1 Å². The van der Waals surface area contributed by atoms with Crippen LogP contribution in [-0.4, -0.2) is 24.1 Å². The van der Waals surface area contributed by atoms with Crippen molar-refractivity contribution in [3.8, 4) is 0 Å². The van der Waals surface area contributed by atoms with Crippen molar-refractivity contribution in [2.45, 2.75) is 39.0 Å². The summed E-state index contributed by atoms with van der Waals surface area (Å²) in [6.07, 6.45) is 2.02. The fourth-order valence-corrected chi connectivity index (χ4v) is 2.81. The number of carbonyl (C=O) groups is 3. The second-order valence-electron chi connectivity index (χ2n) is 4.63. The van der Waals surface area contributed by atoms with Gasteiger partial charge in [0.05, 0.1) is 6.61 Å². The zero-order chi connectivity index (χ0) is 11.8. The summed E-state index contributed by atoms with van der Waals surface area (Å²) < 4.78 is 4.99. The van der Waals surface area contributed by atoms with E-state index in [2.05, 4.69) is 0 Å². The van der Waals surface area contributed by atoms with Gasteiger partial charge in [0.1, 0.15) is 17.0 Å². The molecule has 2 aliphatic rings. The topological polar surface area (TPSA) is 60.4 Å². The Morgan fingerprint density at radius 3 is 2.88 bits per heavy atom. The molecule has 0 N–H and O–H groups in total. The number of fused-ring (bicyclic) bond motifs is 2. The van der Waals surface area contributed by atoms with Crippen molar-refractivity contribution < 1.29 is 19.1 Å². The van der Waals surface area contributed by atoms with Gasteiger partial charge >= 0.3 is 5.97 Å². The van der Waals surface area contributed by atoms with E-state index in [1.807, 2.05) is 0 Å². The van der Waals surface area contributed by atoms with E-state index in [0.29, 0.717) is 32.1 Å². The van der Waals surface area contributed by atoms with E-state index in [0.717, 1.165) is 0 Å². The van der Waals surface area contributed by atoms with Crippen LogP contribution in [0.25, 0.3) is 0 Å². The number of ketones is 2. The second kappa shape index (κ2) is 4.00. The minimum atomic E-state index is -0.993. The Balaban J connectivity index is 2.26. The van der Waals surface area contributed by atoms with E-state index in [-0.39, 0.29) is 24.1 Å². The molecule has 0 amide bonds. The lowest BCUT2D eigenvalue weighted by Gasteiger charge is -2.40. The predicted octanol–water partition coefficient (Wildman–Crippen LogP) is 1.27. The first kappa shape index (κ1) is 11.3. The molecule has 0 saturated heterocycles. The van der Waals surface area contributed by atoms with Crippen LogP contribution in [0, 0.1) is 11.3 Å². The summed E-state index contributed by atoms with van der Waals surface area (Å²) in [5, 5.41) is 0. The molecule has 88 valence electrons. The van der Waals surface area contributed by atoms with Gasteiger partial charge in [-0.2, -0.15) is 0 Å². The highest BCUT2D eigenvalue weighted by atomic mass is 16.5. The van der Waals surface area contributed by atoms with Crippen molar-refractivity contribution in [3.05, 3.63) is 0 Å². The molecule has 0 aromatic rings. The van der Waals surface area contributed by atoms with Crippen LogP contribution in [0.3, 0.4) is 0 Å². The molecule has 2 fully saturated rings. The summed E-state index contributed by atoms with van der Waals surface area (Å²) in [4.78, 5) is 35.4. The van der Waals surface area contributed by atoms with Crippen molar-refractivity contribution in [2.75, 3.05) is 6.61 Å². The summed E-state index contributed by atoms with van der Waals surface area (Å²) in [7, 11) is 0. The first-order valence-electron chi connectivity index (χ1n) is 5.83. The standard InChI is InChI=1S/C12H16O4/c1-2-16-11(15)12-6-5-9(13)8(7-12)3-4-10(12)14/h8H,2-7H2,1H3. The van der Waals surface area contributed by atoms with Gasteiger partial charge in [-0.05, 0) is 26.2 Å². The monoisotopic (exact) mass is 224 g/mol. The van der Waals surface area contributed by atoms with Crippen LogP contribution in [0.5, 0.6) is 0 Å². The Labute approximate surface area is 94.3 Å². The average molecular weight is 224 g/mol. The molecule has 0 aliphatic heterocycles. The fraction of sp³-hybridized carbons (Fsp3) is 0.750. The van der Waals surface area contributed by atoms with Crippen LogP contribution < -0.4 is 0 Å². The summed E-state index contributed by atoms with van der Waals surface area (Å²) in [6, 6.07) is 0. The fourth-order valence-electron chi connectivity index (χ4n) is 2.81. The summed E-state index contributed by atoms with van der Waals surface area (Å²) in [5.41, 5.74) is -0.993. The molecule has 0 spiro atoms. The summed E-state index contributed by atoms with van der Waals surface area (Å²) in [5.74, 6) is -0.352. The third-order valence-corrected chi connectivity index (χ3v) is 3.77. The maximum Gasteiger partial charge on any atom is 0.319 e. The molecule has 0 heterocycles. The minimum absolute atomic E-state index is 0.0327. The van der Waals surface area contributed by atoms with Gasteiger partial charge < -0.3 is 4.74 Å². The second-order valence-corrected chi connectivity index (χ2v) is 4.63. The molecule has 2 unspecified atom stereocenters. The quantitative estimate of drug-likeness (QED) is 0.523. The van der Waals surface area contributed by atoms with E-state index in [9.17, 15) is 14.4 Å². The Morgan fingerprint density at radius 1 is 1.44 bits per heavy atom. The maximum atomic E-state index is 11.9. The van der Waals surface area contributed by atoms with Gasteiger partial charge in [0.2, 0.25) is 0 Å². The lowest BCUT2D eigenvalue weighted by molar-refractivity contribution is -0.167. The molecular weight excluding hydrogens is 208 g/mol. The van der Waals surface area contributed by atoms with Gasteiger partial charge in [0.15, 0.2) is 0 Å². The molecule has 0 aromatic heterocycles. The third-order valence-electron chi connectivity index (χ3n) is 3.77. The Kier molecular flexibility index (Phi) is 2.82. The Hall–Kier alpha value is -1.19. The molecule has 0 aromatic carbocycles. The Bertz CT molecular complexity index is 347. The molecule has 2 atom stereocenters. The number of hydrogen-bond donors (Lipinski definition) is 0. The number of Topliss-reactive ketones (excluding diaryl/α,β-unsaturated/α-hetero) is 2. The van der Waals surface area contributed by atoms with E-state index in [1.165, 1.54) is 0 Å². The number of ether oxygens (including phenoxy) is 1. The zero-order valence-corrected chi connectivity index (χ0v) is 9.45. The van der Waals surface area contributed by atoms with E-state index in [4.69, 9.17) is 4.74 Å². The van der Waals surface area contributed by atoms with E-state index < -0.39 is 11.4 Å². The third kappa shape index (κ3) is 1.56. The summed E-state index contributed by atoms with van der Waals surface area (Å²) in [6.45, 7) is 2.01. The highest BCUT2D eigenvalue weighted by Gasteiger charge is 2.54. The summed E-state index contributed by atoms with van der Waals surface area (Å²) >= 11 is 0. The maximum absolute atomic E-state index is 11.9. The molecule has 2 rings (SSSR count). The molecule has 2 aliphatic carbocycles. The van der Waals surface area contributed by atoms with E-state index in [1.54, 1.807) is 6.92 Å². The molecule has 4 nitrogen and oxygen atoms in total. The molecule has 0 radical (unpaired) electrons. The molecular formula is C12H16O4. The average Bonchev–Trinajstić information content (AvgIpc) is 2.28. The van der Waals surface area contributed by atoms with Gasteiger partial charge in [-0.1, -0.05) is 0 Å². The lowest BCUT2D eigenvalue weighted by atomic mass is 9.61. The number of rotatable bonds is 2. The van der Waals surface area contributed by atoms with Crippen LogP contribution in [0.2, 0.25) is 0 Å². The number of hydrogen-bond acceptors (Lipinski definition) is 4. The normalized spacial score (nSPS) is 33.7. The van der Waals surface area contributed by atoms with Crippen LogP contribution in [0.15, 0.2) is 0 Å². The van der Waals surface area contributed by atoms with Gasteiger partial charge in [0.25, 0.3) is 0 Å². The predicted molar refractivity (Wildman–Crippen MR) is 55.7 cm³/mol. The first-order chi connectivity index (χ1) is 7.60. The Morgan fingerprint density at radius 2 is 2.19 bits per heavy atom. The van der Waals surface area contributed by atoms with Crippen LogP contribution >= 0.6 is 0 Å².